The molecule has 0 unspecified atom stereocenters. The van der Waals surface area contributed by atoms with Crippen molar-refractivity contribution >= 4 is 21.9 Å². The minimum atomic E-state index is -4.04. The lowest BCUT2D eigenvalue weighted by Crippen LogP contribution is -2.33. The molecule has 0 fully saturated rings. The van der Waals surface area contributed by atoms with E-state index in [0.717, 1.165) is 11.1 Å². The predicted octanol–water partition coefficient (Wildman–Crippen LogP) is 3.29. The molecular weight excluding hydrogens is 468 g/mol. The minimum Gasteiger partial charge on any atom is -0.492 e. The quantitative estimate of drug-likeness (QED) is 0.528. The van der Waals surface area contributed by atoms with E-state index >= 15 is 0 Å². The Hall–Kier alpha value is -3.69. The number of amides is 1. The standard InChI is InChI=1S/C26H26N2O6S/c1-18-7-9-19(10-8-18)16-27-25(29)20-11-12-23-21(15-20)17-28(13-14-34-23)35(31,32)24-6-4-3-5-22(24)26(30)33-2/h3-12,15H,13-14,16-17H2,1-2H3,(H,27,29). The molecule has 8 nitrogen and oxygen atoms in total. The van der Waals surface area contributed by atoms with Crippen molar-refractivity contribution in [3.05, 3.63) is 94.5 Å². The third-order valence-electron chi connectivity index (χ3n) is 5.75. The number of nitrogens with zero attached hydrogens (tertiary/aromatic N) is 1. The van der Waals surface area contributed by atoms with E-state index in [1.165, 1.54) is 23.5 Å². The van der Waals surface area contributed by atoms with Crippen molar-refractivity contribution in [1.82, 2.24) is 9.62 Å². The Labute approximate surface area is 204 Å². The van der Waals surface area contributed by atoms with Crippen molar-refractivity contribution in [2.45, 2.75) is 24.9 Å². The fourth-order valence-electron chi connectivity index (χ4n) is 3.82. The fraction of sp³-hybridized carbons (Fsp3) is 0.231. The summed E-state index contributed by atoms with van der Waals surface area (Å²) in [4.78, 5) is 24.8. The average Bonchev–Trinajstić information content (AvgIpc) is 3.10. The number of hydrogen-bond acceptors (Lipinski definition) is 6. The molecule has 1 N–H and O–H groups in total. The molecule has 0 aromatic heterocycles. The number of methoxy groups -OCH3 is 1. The summed E-state index contributed by atoms with van der Waals surface area (Å²) in [5.74, 6) is -0.495. The first-order valence-electron chi connectivity index (χ1n) is 11.1. The second kappa shape index (κ2) is 10.3. The van der Waals surface area contributed by atoms with Gasteiger partial charge in [0.15, 0.2) is 0 Å². The van der Waals surface area contributed by atoms with Gasteiger partial charge in [-0.15, -0.1) is 0 Å². The third kappa shape index (κ3) is 5.36. The molecule has 1 aliphatic heterocycles. The lowest BCUT2D eigenvalue weighted by Gasteiger charge is -2.21. The summed E-state index contributed by atoms with van der Waals surface area (Å²) >= 11 is 0. The Morgan fingerprint density at radius 1 is 1.06 bits per heavy atom. The predicted molar refractivity (Wildman–Crippen MR) is 130 cm³/mol. The molecule has 0 radical (unpaired) electrons. The van der Waals surface area contributed by atoms with Crippen LogP contribution in [0.1, 0.15) is 37.4 Å². The van der Waals surface area contributed by atoms with Gasteiger partial charge in [0.05, 0.1) is 17.6 Å². The van der Waals surface area contributed by atoms with Crippen LogP contribution in [0.3, 0.4) is 0 Å². The van der Waals surface area contributed by atoms with Gasteiger partial charge in [-0.1, -0.05) is 42.0 Å². The molecule has 1 amide bonds. The highest BCUT2D eigenvalue weighted by molar-refractivity contribution is 7.89. The van der Waals surface area contributed by atoms with Crippen LogP contribution >= 0.6 is 0 Å². The van der Waals surface area contributed by atoms with Crippen LogP contribution < -0.4 is 10.1 Å². The number of sulfonamides is 1. The second-order valence-electron chi connectivity index (χ2n) is 8.17. The van der Waals surface area contributed by atoms with E-state index in [2.05, 4.69) is 5.32 Å². The Morgan fingerprint density at radius 3 is 2.54 bits per heavy atom. The summed E-state index contributed by atoms with van der Waals surface area (Å²) in [5.41, 5.74) is 3.03. The van der Waals surface area contributed by atoms with Crippen molar-refractivity contribution in [1.29, 1.82) is 0 Å². The molecule has 0 saturated carbocycles. The van der Waals surface area contributed by atoms with Crippen LogP contribution in [-0.4, -0.2) is 44.9 Å². The average molecular weight is 495 g/mol. The lowest BCUT2D eigenvalue weighted by molar-refractivity contribution is 0.0596. The molecule has 3 aromatic carbocycles. The highest BCUT2D eigenvalue weighted by atomic mass is 32.2. The zero-order chi connectivity index (χ0) is 25.0. The van der Waals surface area contributed by atoms with E-state index < -0.39 is 16.0 Å². The van der Waals surface area contributed by atoms with E-state index in [1.807, 2.05) is 31.2 Å². The van der Waals surface area contributed by atoms with E-state index in [-0.39, 0.29) is 36.1 Å². The number of benzene rings is 3. The molecule has 1 aliphatic rings. The normalized spacial score (nSPS) is 13.8. The van der Waals surface area contributed by atoms with Crippen molar-refractivity contribution < 1.29 is 27.5 Å². The molecule has 9 heteroatoms. The number of hydrogen-bond donors (Lipinski definition) is 1. The SMILES string of the molecule is COC(=O)c1ccccc1S(=O)(=O)N1CCOc2ccc(C(=O)NCc3ccc(C)cc3)cc2C1. The van der Waals surface area contributed by atoms with Gasteiger partial charge in [0.1, 0.15) is 12.4 Å². The molecule has 3 aromatic rings. The summed E-state index contributed by atoms with van der Waals surface area (Å²) in [6.07, 6.45) is 0. The van der Waals surface area contributed by atoms with Crippen molar-refractivity contribution in [2.75, 3.05) is 20.3 Å². The van der Waals surface area contributed by atoms with Crippen LogP contribution in [-0.2, 0) is 27.8 Å². The largest absolute Gasteiger partial charge is 0.492 e. The van der Waals surface area contributed by atoms with Gasteiger partial charge in [0.25, 0.3) is 5.91 Å². The number of rotatable bonds is 6. The van der Waals surface area contributed by atoms with Crippen LogP contribution in [0.2, 0.25) is 0 Å². The van der Waals surface area contributed by atoms with Gasteiger partial charge in [-0.05, 0) is 42.8 Å². The molecule has 1 heterocycles. The van der Waals surface area contributed by atoms with Crippen molar-refractivity contribution in [3.8, 4) is 5.75 Å². The zero-order valence-corrected chi connectivity index (χ0v) is 20.3. The summed E-state index contributed by atoms with van der Waals surface area (Å²) in [6, 6.07) is 18.8. The first-order valence-corrected chi connectivity index (χ1v) is 12.5. The third-order valence-corrected chi connectivity index (χ3v) is 7.65. The smallest absolute Gasteiger partial charge is 0.339 e. The highest BCUT2D eigenvalue weighted by Crippen LogP contribution is 2.29. The van der Waals surface area contributed by atoms with Gasteiger partial charge >= 0.3 is 5.97 Å². The number of ether oxygens (including phenoxy) is 2. The van der Waals surface area contributed by atoms with Crippen LogP contribution in [0, 0.1) is 6.92 Å². The molecule has 4 rings (SSSR count). The highest BCUT2D eigenvalue weighted by Gasteiger charge is 2.31. The summed E-state index contributed by atoms with van der Waals surface area (Å²) < 4.78 is 38.7. The number of fused-ring (bicyclic) bond motifs is 1. The monoisotopic (exact) mass is 494 g/mol. The van der Waals surface area contributed by atoms with Gasteiger partial charge < -0.3 is 14.8 Å². The number of aryl methyl sites for hydroxylation is 1. The van der Waals surface area contributed by atoms with E-state index in [9.17, 15) is 18.0 Å². The van der Waals surface area contributed by atoms with Gasteiger partial charge in [-0.2, -0.15) is 4.31 Å². The Morgan fingerprint density at radius 2 is 1.80 bits per heavy atom. The number of esters is 1. The first kappa shape index (κ1) is 24.4. The van der Waals surface area contributed by atoms with E-state index in [0.29, 0.717) is 23.4 Å². The van der Waals surface area contributed by atoms with E-state index in [1.54, 1.807) is 30.3 Å². The molecule has 0 aliphatic carbocycles. The van der Waals surface area contributed by atoms with Crippen LogP contribution in [0.5, 0.6) is 5.75 Å². The molecule has 0 spiro atoms. The van der Waals surface area contributed by atoms with Gasteiger partial charge in [-0.25, -0.2) is 13.2 Å². The Kier molecular flexibility index (Phi) is 7.18. The van der Waals surface area contributed by atoms with Crippen molar-refractivity contribution in [2.24, 2.45) is 0 Å². The molecular formula is C26H26N2O6S. The molecule has 0 saturated heterocycles. The van der Waals surface area contributed by atoms with Crippen LogP contribution in [0.15, 0.2) is 71.6 Å². The number of carbonyl (C=O) groups excluding carboxylic acids is 2. The fourth-order valence-corrected chi connectivity index (χ4v) is 5.40. The lowest BCUT2D eigenvalue weighted by atomic mass is 10.1. The summed E-state index contributed by atoms with van der Waals surface area (Å²) in [5, 5.41) is 2.89. The van der Waals surface area contributed by atoms with Crippen LogP contribution in [0.25, 0.3) is 0 Å². The first-order chi connectivity index (χ1) is 16.8. The second-order valence-corrected chi connectivity index (χ2v) is 10.1. The maximum Gasteiger partial charge on any atom is 0.339 e. The maximum absolute atomic E-state index is 13.5. The molecule has 35 heavy (non-hydrogen) atoms. The molecule has 0 atom stereocenters. The van der Waals surface area contributed by atoms with Gasteiger partial charge in [-0.3, -0.25) is 4.79 Å². The van der Waals surface area contributed by atoms with Gasteiger partial charge in [0, 0.05) is 30.8 Å². The number of carbonyl (C=O) groups is 2. The summed E-state index contributed by atoms with van der Waals surface area (Å²) in [6.45, 7) is 2.58. The minimum absolute atomic E-state index is 0.00768. The topological polar surface area (TPSA) is 102 Å². The Balaban J connectivity index is 1.56. The van der Waals surface area contributed by atoms with E-state index in [4.69, 9.17) is 9.47 Å². The maximum atomic E-state index is 13.5. The number of nitrogens with one attached hydrogen (secondary N) is 1. The Bertz CT molecular complexity index is 1350. The molecule has 182 valence electrons. The van der Waals surface area contributed by atoms with Crippen LogP contribution in [0.4, 0.5) is 0 Å². The summed E-state index contributed by atoms with van der Waals surface area (Å²) in [7, 11) is -2.84. The van der Waals surface area contributed by atoms with Crippen molar-refractivity contribution in [3.63, 3.8) is 0 Å². The molecule has 0 bridgehead atoms. The zero-order valence-electron chi connectivity index (χ0n) is 19.5. The van der Waals surface area contributed by atoms with Gasteiger partial charge in [0.2, 0.25) is 10.0 Å².